The van der Waals surface area contributed by atoms with Crippen molar-refractivity contribution in [3.8, 4) is 0 Å². The largest absolute Gasteiger partial charge is 0.0555 e. The van der Waals surface area contributed by atoms with E-state index in [0.717, 1.165) is 12.8 Å². The third kappa shape index (κ3) is 2.31. The van der Waals surface area contributed by atoms with Crippen molar-refractivity contribution in [1.82, 2.24) is 0 Å². The van der Waals surface area contributed by atoms with Crippen molar-refractivity contribution in [3.05, 3.63) is 67.8 Å². The van der Waals surface area contributed by atoms with Gasteiger partial charge in [-0.1, -0.05) is 24.3 Å². The van der Waals surface area contributed by atoms with Gasteiger partial charge in [-0.15, -0.1) is 0 Å². The number of fused-ring (bicyclic) bond motifs is 4. The molecule has 4 bridgehead atoms. The average Bonchev–Trinajstić information content (AvgIpc) is 2.43. The summed E-state index contributed by atoms with van der Waals surface area (Å²) in [5, 5.41) is 0. The molecule has 0 radical (unpaired) electrons. The third-order valence-corrected chi connectivity index (χ3v) is 5.42. The summed E-state index contributed by atoms with van der Waals surface area (Å²) in [7, 11) is 0. The first kappa shape index (κ1) is 15.1. The van der Waals surface area contributed by atoms with Gasteiger partial charge in [0, 0.05) is 0 Å². The van der Waals surface area contributed by atoms with Crippen LogP contribution in [0.25, 0.3) is 12.2 Å². The van der Waals surface area contributed by atoms with Crippen molar-refractivity contribution in [1.29, 1.82) is 0 Å². The zero-order valence-electron chi connectivity index (χ0n) is 14.7. The third-order valence-electron chi connectivity index (χ3n) is 5.42. The molecule has 0 nitrogen and oxygen atoms in total. The van der Waals surface area contributed by atoms with E-state index in [2.05, 4.69) is 65.8 Å². The van der Waals surface area contributed by atoms with Gasteiger partial charge in [0.2, 0.25) is 0 Å². The van der Waals surface area contributed by atoms with Crippen LogP contribution >= 0.6 is 0 Å². The molecule has 0 fully saturated rings. The normalized spacial score (nSPS) is 14.8. The first-order valence-corrected chi connectivity index (χ1v) is 8.27. The second-order valence-corrected chi connectivity index (χ2v) is 6.89. The van der Waals surface area contributed by atoms with E-state index in [1.165, 1.54) is 55.6 Å². The van der Waals surface area contributed by atoms with Crippen LogP contribution in [0.1, 0.15) is 55.6 Å². The van der Waals surface area contributed by atoms with Crippen molar-refractivity contribution in [3.63, 3.8) is 0 Å². The van der Waals surface area contributed by atoms with Crippen molar-refractivity contribution in [2.45, 2.75) is 54.4 Å². The highest BCUT2D eigenvalue weighted by molar-refractivity contribution is 5.77. The first-order chi connectivity index (χ1) is 10.4. The van der Waals surface area contributed by atoms with Crippen molar-refractivity contribution < 1.29 is 0 Å². The summed E-state index contributed by atoms with van der Waals surface area (Å²) in [6, 6.07) is 4.70. The minimum absolute atomic E-state index is 1.14. The van der Waals surface area contributed by atoms with E-state index in [0.29, 0.717) is 0 Å². The second kappa shape index (κ2) is 5.43. The molecule has 22 heavy (non-hydrogen) atoms. The average molecular weight is 290 g/mol. The maximum absolute atomic E-state index is 2.35. The van der Waals surface area contributed by atoms with E-state index >= 15 is 0 Å². The Hall–Kier alpha value is -1.82. The molecule has 0 atom stereocenters. The zero-order valence-corrected chi connectivity index (χ0v) is 14.7. The highest BCUT2D eigenvalue weighted by Crippen LogP contribution is 2.31. The molecule has 3 rings (SSSR count). The van der Waals surface area contributed by atoms with Gasteiger partial charge >= 0.3 is 0 Å². The molecule has 114 valence electrons. The predicted octanol–water partition coefficient (Wildman–Crippen LogP) is 5.81. The van der Waals surface area contributed by atoms with Gasteiger partial charge in [0.05, 0.1) is 0 Å². The lowest BCUT2D eigenvalue weighted by molar-refractivity contribution is 0.913. The Morgan fingerprint density at radius 1 is 0.545 bits per heavy atom. The van der Waals surface area contributed by atoms with Crippen molar-refractivity contribution in [2.24, 2.45) is 0 Å². The summed E-state index contributed by atoms with van der Waals surface area (Å²) in [5.41, 5.74) is 14.5. The van der Waals surface area contributed by atoms with Crippen LogP contribution in [0, 0.1) is 41.5 Å². The van der Waals surface area contributed by atoms with Gasteiger partial charge in [-0.05, 0) is 110 Å². The quantitative estimate of drug-likeness (QED) is 0.574. The van der Waals surface area contributed by atoms with Gasteiger partial charge in [-0.3, -0.25) is 0 Å². The number of benzene rings is 2. The molecule has 2 aromatic carbocycles. The van der Waals surface area contributed by atoms with Crippen LogP contribution in [0.4, 0.5) is 0 Å². The van der Waals surface area contributed by atoms with Gasteiger partial charge in [0.25, 0.3) is 0 Å². The molecule has 0 amide bonds. The summed E-state index contributed by atoms with van der Waals surface area (Å²) >= 11 is 0. The van der Waals surface area contributed by atoms with Crippen LogP contribution in [0.15, 0.2) is 12.1 Å². The standard InChI is InChI=1S/C22H26/c1-13-11-14(2)20-9-10-22-16(4)12-15(3)21(18(22)6)8-7-19(13)17(20)5/h7-8,11-12H,9-10H2,1-6H3/b8-7-. The fourth-order valence-corrected chi connectivity index (χ4v) is 4.19. The lowest BCUT2D eigenvalue weighted by Crippen LogP contribution is -2.06. The van der Waals surface area contributed by atoms with E-state index in [9.17, 15) is 0 Å². The molecular formula is C22H26. The van der Waals surface area contributed by atoms with Gasteiger partial charge in [-0.2, -0.15) is 0 Å². The van der Waals surface area contributed by atoms with E-state index in [1.54, 1.807) is 0 Å². The maximum atomic E-state index is 2.35. The van der Waals surface area contributed by atoms with Crippen LogP contribution in [-0.4, -0.2) is 0 Å². The number of rotatable bonds is 0. The molecule has 0 heteroatoms. The van der Waals surface area contributed by atoms with E-state index in [-0.39, 0.29) is 0 Å². The molecule has 0 N–H and O–H groups in total. The van der Waals surface area contributed by atoms with E-state index in [1.807, 2.05) is 0 Å². The van der Waals surface area contributed by atoms with Crippen molar-refractivity contribution in [2.75, 3.05) is 0 Å². The Labute approximate surface area is 134 Å². The lowest BCUT2D eigenvalue weighted by Gasteiger charge is -2.20. The SMILES string of the molecule is Cc1cc(C)c2c(C)c1/C=C\c1c(C)cc(C)c(c1C)CC2. The lowest BCUT2D eigenvalue weighted by atomic mass is 9.84. The summed E-state index contributed by atoms with van der Waals surface area (Å²) < 4.78 is 0. The summed E-state index contributed by atoms with van der Waals surface area (Å²) in [6.07, 6.45) is 6.94. The van der Waals surface area contributed by atoms with E-state index in [4.69, 9.17) is 0 Å². The minimum Gasteiger partial charge on any atom is -0.0555 e. The molecule has 0 heterocycles. The molecule has 0 saturated carbocycles. The zero-order chi connectivity index (χ0) is 16.0. The number of hydrogen-bond acceptors (Lipinski definition) is 0. The van der Waals surface area contributed by atoms with Gasteiger partial charge in [0.15, 0.2) is 0 Å². The topological polar surface area (TPSA) is 0 Å². The molecular weight excluding hydrogens is 264 g/mol. The first-order valence-electron chi connectivity index (χ1n) is 8.27. The Kier molecular flexibility index (Phi) is 3.72. The van der Waals surface area contributed by atoms with Crippen LogP contribution in [0.3, 0.4) is 0 Å². The molecule has 0 spiro atoms. The molecule has 0 aliphatic heterocycles. The van der Waals surface area contributed by atoms with Crippen molar-refractivity contribution >= 4 is 12.2 Å². The minimum atomic E-state index is 1.14. The summed E-state index contributed by atoms with van der Waals surface area (Å²) in [6.45, 7) is 13.6. The summed E-state index contributed by atoms with van der Waals surface area (Å²) in [5.74, 6) is 0. The van der Waals surface area contributed by atoms with Gasteiger partial charge in [-0.25, -0.2) is 0 Å². The van der Waals surface area contributed by atoms with Crippen LogP contribution in [0.2, 0.25) is 0 Å². The Morgan fingerprint density at radius 3 is 1.27 bits per heavy atom. The highest BCUT2D eigenvalue weighted by atomic mass is 14.2. The van der Waals surface area contributed by atoms with Crippen LogP contribution < -0.4 is 0 Å². The predicted molar refractivity (Wildman–Crippen MR) is 97.6 cm³/mol. The molecule has 0 unspecified atom stereocenters. The monoisotopic (exact) mass is 290 g/mol. The Balaban J connectivity index is 2.31. The molecule has 1 aliphatic carbocycles. The molecule has 2 aromatic rings. The second-order valence-electron chi connectivity index (χ2n) is 6.89. The number of aryl methyl sites for hydroxylation is 4. The summed E-state index contributed by atoms with van der Waals surface area (Å²) in [4.78, 5) is 0. The Morgan fingerprint density at radius 2 is 0.909 bits per heavy atom. The smallest absolute Gasteiger partial charge is 0.0195 e. The molecule has 0 saturated heterocycles. The van der Waals surface area contributed by atoms with Crippen LogP contribution in [-0.2, 0) is 12.8 Å². The fourth-order valence-electron chi connectivity index (χ4n) is 4.19. The highest BCUT2D eigenvalue weighted by Gasteiger charge is 2.15. The van der Waals surface area contributed by atoms with Crippen LogP contribution in [0.5, 0.6) is 0 Å². The molecule has 0 aromatic heterocycles. The Bertz CT molecular complexity index is 721. The maximum Gasteiger partial charge on any atom is -0.0195 e. The van der Waals surface area contributed by atoms with Gasteiger partial charge in [0.1, 0.15) is 0 Å². The molecule has 1 aliphatic rings. The number of hydrogen-bond donors (Lipinski definition) is 0. The van der Waals surface area contributed by atoms with E-state index < -0.39 is 0 Å². The fraction of sp³-hybridized carbons (Fsp3) is 0.364. The van der Waals surface area contributed by atoms with Gasteiger partial charge < -0.3 is 0 Å².